The quantitative estimate of drug-likeness (QED) is 0.926. The highest BCUT2D eigenvalue weighted by Gasteiger charge is 2.19. The molecule has 130 valence electrons. The topological polar surface area (TPSA) is 76.6 Å². The van der Waals surface area contributed by atoms with Crippen molar-refractivity contribution in [3.05, 3.63) is 35.9 Å². The van der Waals surface area contributed by atoms with Gasteiger partial charge in [-0.2, -0.15) is 0 Å². The summed E-state index contributed by atoms with van der Waals surface area (Å²) in [6.07, 6.45) is 2.43. The van der Waals surface area contributed by atoms with Crippen molar-refractivity contribution >= 4 is 17.5 Å². The van der Waals surface area contributed by atoms with Gasteiger partial charge in [0.15, 0.2) is 23.1 Å². The fourth-order valence-corrected chi connectivity index (χ4v) is 3.18. The van der Waals surface area contributed by atoms with Gasteiger partial charge in [-0.25, -0.2) is 0 Å². The molecule has 2 aromatic rings. The number of nitrogens with zero attached hydrogens (tertiary/aromatic N) is 3. The van der Waals surface area contributed by atoms with E-state index in [1.54, 1.807) is 24.3 Å². The lowest BCUT2D eigenvalue weighted by molar-refractivity contribution is 0.102. The maximum Gasteiger partial charge on any atom is 0.257 e. The number of carbonyl (C=O) groups excluding carboxylic acids is 1. The molecule has 0 aliphatic carbocycles. The third-order valence-electron chi connectivity index (χ3n) is 4.51. The van der Waals surface area contributed by atoms with E-state index < -0.39 is 0 Å². The van der Waals surface area contributed by atoms with E-state index in [4.69, 9.17) is 9.47 Å². The summed E-state index contributed by atoms with van der Waals surface area (Å²) in [5, 5.41) is 11.2. The van der Waals surface area contributed by atoms with Gasteiger partial charge in [-0.1, -0.05) is 6.92 Å². The maximum absolute atomic E-state index is 12.4. The van der Waals surface area contributed by atoms with Crippen molar-refractivity contribution in [3.63, 3.8) is 0 Å². The van der Waals surface area contributed by atoms with Gasteiger partial charge in [-0.3, -0.25) is 4.79 Å². The first-order chi connectivity index (χ1) is 12.2. The first kappa shape index (κ1) is 15.7. The highest BCUT2D eigenvalue weighted by Crippen LogP contribution is 2.32. The van der Waals surface area contributed by atoms with Gasteiger partial charge in [0.2, 0.25) is 6.79 Å². The molecule has 3 heterocycles. The zero-order chi connectivity index (χ0) is 17.2. The number of anilines is 2. The zero-order valence-corrected chi connectivity index (χ0v) is 14.1. The van der Waals surface area contributed by atoms with E-state index in [0.29, 0.717) is 28.8 Å². The standard InChI is InChI=1S/C18H20N4O3/c1-12-3-2-8-22(10-12)17-7-6-16(20-21-17)19-18(23)13-4-5-14-15(9-13)25-11-24-14/h4-7,9,12H,2-3,8,10-11H2,1H3,(H,19,20,23). The van der Waals surface area contributed by atoms with Crippen molar-refractivity contribution in [1.82, 2.24) is 10.2 Å². The van der Waals surface area contributed by atoms with Crippen LogP contribution in [-0.4, -0.2) is 36.0 Å². The van der Waals surface area contributed by atoms with Gasteiger partial charge in [0, 0.05) is 18.7 Å². The first-order valence-electron chi connectivity index (χ1n) is 8.49. The predicted octanol–water partition coefficient (Wildman–Crippen LogP) is 2.69. The average molecular weight is 340 g/mol. The number of piperidine rings is 1. The van der Waals surface area contributed by atoms with Crippen LogP contribution in [0, 0.1) is 5.92 Å². The molecule has 4 rings (SSSR count). The van der Waals surface area contributed by atoms with Gasteiger partial charge in [0.25, 0.3) is 5.91 Å². The van der Waals surface area contributed by atoms with Crippen LogP contribution in [0.5, 0.6) is 11.5 Å². The van der Waals surface area contributed by atoms with E-state index in [1.165, 1.54) is 12.8 Å². The monoisotopic (exact) mass is 340 g/mol. The number of fused-ring (bicyclic) bond motifs is 1. The molecule has 1 amide bonds. The minimum absolute atomic E-state index is 0.183. The molecule has 0 spiro atoms. The summed E-state index contributed by atoms with van der Waals surface area (Å²) in [4.78, 5) is 14.6. The Kier molecular flexibility index (Phi) is 4.13. The Bertz CT molecular complexity index is 778. The van der Waals surface area contributed by atoms with E-state index in [1.807, 2.05) is 6.07 Å². The van der Waals surface area contributed by atoms with E-state index in [2.05, 4.69) is 27.3 Å². The summed E-state index contributed by atoms with van der Waals surface area (Å²) in [6, 6.07) is 8.77. The lowest BCUT2D eigenvalue weighted by Gasteiger charge is -2.31. The summed E-state index contributed by atoms with van der Waals surface area (Å²) in [5.74, 6) is 2.92. The van der Waals surface area contributed by atoms with Gasteiger partial charge in [-0.05, 0) is 49.1 Å². The van der Waals surface area contributed by atoms with Crippen LogP contribution in [0.1, 0.15) is 30.1 Å². The molecular weight excluding hydrogens is 320 g/mol. The normalized spacial score (nSPS) is 18.9. The van der Waals surface area contributed by atoms with Crippen LogP contribution in [0.2, 0.25) is 0 Å². The van der Waals surface area contributed by atoms with Crippen LogP contribution in [0.4, 0.5) is 11.6 Å². The molecule has 0 radical (unpaired) electrons. The second kappa shape index (κ2) is 6.58. The molecule has 0 saturated carbocycles. The molecule has 25 heavy (non-hydrogen) atoms. The van der Waals surface area contributed by atoms with Gasteiger partial charge in [0.1, 0.15) is 0 Å². The fraction of sp³-hybridized carbons (Fsp3) is 0.389. The fourth-order valence-electron chi connectivity index (χ4n) is 3.18. The number of aromatic nitrogens is 2. The van der Waals surface area contributed by atoms with Gasteiger partial charge >= 0.3 is 0 Å². The second-order valence-electron chi connectivity index (χ2n) is 6.49. The number of hydrogen-bond acceptors (Lipinski definition) is 6. The summed E-state index contributed by atoms with van der Waals surface area (Å²) in [5.41, 5.74) is 0.486. The van der Waals surface area contributed by atoms with Crippen molar-refractivity contribution < 1.29 is 14.3 Å². The Morgan fingerprint density at radius 3 is 2.88 bits per heavy atom. The molecule has 1 saturated heterocycles. The van der Waals surface area contributed by atoms with Crippen molar-refractivity contribution in [2.45, 2.75) is 19.8 Å². The maximum atomic E-state index is 12.4. The largest absolute Gasteiger partial charge is 0.454 e. The molecule has 1 N–H and O–H groups in total. The van der Waals surface area contributed by atoms with E-state index in [-0.39, 0.29) is 12.7 Å². The van der Waals surface area contributed by atoms with E-state index in [0.717, 1.165) is 18.9 Å². The number of amides is 1. The molecule has 1 aromatic heterocycles. The molecule has 7 heteroatoms. The number of rotatable bonds is 3. The number of ether oxygens (including phenoxy) is 2. The minimum atomic E-state index is -0.257. The second-order valence-corrected chi connectivity index (χ2v) is 6.49. The van der Waals surface area contributed by atoms with Gasteiger partial charge in [0.05, 0.1) is 0 Å². The molecule has 0 bridgehead atoms. The molecule has 1 fully saturated rings. The number of carbonyl (C=O) groups is 1. The smallest absolute Gasteiger partial charge is 0.257 e. The molecule has 2 aliphatic rings. The third kappa shape index (κ3) is 3.35. The van der Waals surface area contributed by atoms with Crippen LogP contribution >= 0.6 is 0 Å². The molecule has 1 unspecified atom stereocenters. The SMILES string of the molecule is CC1CCCN(c2ccc(NC(=O)c3ccc4c(c3)OCO4)nn2)C1. The molecule has 1 atom stereocenters. The van der Waals surface area contributed by atoms with Crippen molar-refractivity contribution in [2.75, 3.05) is 30.1 Å². The first-order valence-corrected chi connectivity index (χ1v) is 8.49. The molecule has 2 aliphatic heterocycles. The van der Waals surface area contributed by atoms with Crippen molar-refractivity contribution in [2.24, 2.45) is 5.92 Å². The summed E-state index contributed by atoms with van der Waals surface area (Å²) >= 11 is 0. The van der Waals surface area contributed by atoms with Crippen LogP contribution in [-0.2, 0) is 0 Å². The predicted molar refractivity (Wildman–Crippen MR) is 93.2 cm³/mol. The molecular formula is C18H20N4O3. The Labute approximate surface area is 146 Å². The number of benzene rings is 1. The number of hydrogen-bond donors (Lipinski definition) is 1. The van der Waals surface area contributed by atoms with E-state index in [9.17, 15) is 4.79 Å². The van der Waals surface area contributed by atoms with Crippen LogP contribution in [0.25, 0.3) is 0 Å². The van der Waals surface area contributed by atoms with Gasteiger partial charge < -0.3 is 19.7 Å². The Morgan fingerprint density at radius 1 is 1.20 bits per heavy atom. The van der Waals surface area contributed by atoms with E-state index >= 15 is 0 Å². The Morgan fingerprint density at radius 2 is 2.08 bits per heavy atom. The van der Waals surface area contributed by atoms with Crippen LogP contribution < -0.4 is 19.7 Å². The average Bonchev–Trinajstić information content (AvgIpc) is 3.10. The highest BCUT2D eigenvalue weighted by molar-refractivity contribution is 6.04. The lowest BCUT2D eigenvalue weighted by atomic mass is 10.0. The molecule has 1 aromatic carbocycles. The minimum Gasteiger partial charge on any atom is -0.454 e. The van der Waals surface area contributed by atoms with Crippen molar-refractivity contribution in [1.29, 1.82) is 0 Å². The van der Waals surface area contributed by atoms with Crippen LogP contribution in [0.3, 0.4) is 0 Å². The number of nitrogens with one attached hydrogen (secondary N) is 1. The zero-order valence-electron chi connectivity index (χ0n) is 14.1. The summed E-state index contributed by atoms with van der Waals surface area (Å²) in [7, 11) is 0. The summed E-state index contributed by atoms with van der Waals surface area (Å²) in [6.45, 7) is 4.43. The third-order valence-corrected chi connectivity index (χ3v) is 4.51. The Hall–Kier alpha value is -2.83. The Balaban J connectivity index is 1.43. The summed E-state index contributed by atoms with van der Waals surface area (Å²) < 4.78 is 10.5. The van der Waals surface area contributed by atoms with Crippen molar-refractivity contribution in [3.8, 4) is 11.5 Å². The lowest BCUT2D eigenvalue weighted by Crippen LogP contribution is -2.34. The highest BCUT2D eigenvalue weighted by atomic mass is 16.7. The van der Waals surface area contributed by atoms with Gasteiger partial charge in [-0.15, -0.1) is 10.2 Å². The molecule has 7 nitrogen and oxygen atoms in total. The van der Waals surface area contributed by atoms with Crippen LogP contribution in [0.15, 0.2) is 30.3 Å².